The summed E-state index contributed by atoms with van der Waals surface area (Å²) in [6.07, 6.45) is 2.33. The van der Waals surface area contributed by atoms with Gasteiger partial charge in [0.1, 0.15) is 0 Å². The van der Waals surface area contributed by atoms with Crippen molar-refractivity contribution < 1.29 is 8.78 Å². The summed E-state index contributed by atoms with van der Waals surface area (Å²) in [7, 11) is 0. The number of hydrogen-bond donors (Lipinski definition) is 2. The maximum Gasteiger partial charge on any atom is 0.250 e. The summed E-state index contributed by atoms with van der Waals surface area (Å²) in [4.78, 5) is 0. The van der Waals surface area contributed by atoms with Crippen LogP contribution in [-0.4, -0.2) is 32.6 Å². The van der Waals surface area contributed by atoms with Crippen LogP contribution in [-0.2, 0) is 0 Å². The van der Waals surface area contributed by atoms with Gasteiger partial charge in [-0.05, 0) is 31.2 Å². The van der Waals surface area contributed by atoms with Crippen molar-refractivity contribution in [2.45, 2.75) is 39.0 Å². The number of hydrogen-bond acceptors (Lipinski definition) is 2. The summed E-state index contributed by atoms with van der Waals surface area (Å²) in [6.45, 7) is 4.74. The Labute approximate surface area is 90.8 Å². The van der Waals surface area contributed by atoms with Crippen molar-refractivity contribution in [3.8, 4) is 0 Å². The zero-order valence-corrected chi connectivity index (χ0v) is 9.49. The largest absolute Gasteiger partial charge is 0.316 e. The Hall–Kier alpha value is -0.220. The predicted molar refractivity (Wildman–Crippen MR) is 58.3 cm³/mol. The van der Waals surface area contributed by atoms with Gasteiger partial charge in [0.25, 0.3) is 6.43 Å². The maximum atomic E-state index is 12.0. The summed E-state index contributed by atoms with van der Waals surface area (Å²) in [5, 5.41) is 6.26. The van der Waals surface area contributed by atoms with Gasteiger partial charge in [0, 0.05) is 13.1 Å². The number of piperidine rings is 1. The van der Waals surface area contributed by atoms with E-state index in [0.717, 1.165) is 45.3 Å². The molecule has 1 unspecified atom stereocenters. The van der Waals surface area contributed by atoms with Crippen molar-refractivity contribution in [3.05, 3.63) is 0 Å². The van der Waals surface area contributed by atoms with Crippen LogP contribution in [0.2, 0.25) is 0 Å². The molecule has 4 heteroatoms. The highest BCUT2D eigenvalue weighted by Crippen LogP contribution is 2.30. The first-order valence-corrected chi connectivity index (χ1v) is 5.88. The van der Waals surface area contributed by atoms with Crippen molar-refractivity contribution in [1.29, 1.82) is 0 Å². The first-order chi connectivity index (χ1) is 7.18. The molecule has 15 heavy (non-hydrogen) atoms. The Bertz CT molecular complexity index is 162. The van der Waals surface area contributed by atoms with Gasteiger partial charge < -0.3 is 10.6 Å². The minimum absolute atomic E-state index is 0.175. The fourth-order valence-corrected chi connectivity index (χ4v) is 2.46. The Morgan fingerprint density at radius 1 is 1.47 bits per heavy atom. The molecule has 0 aromatic carbocycles. The Morgan fingerprint density at radius 3 is 2.80 bits per heavy atom. The highest BCUT2D eigenvalue weighted by molar-refractivity contribution is 4.87. The topological polar surface area (TPSA) is 24.1 Å². The molecule has 1 fully saturated rings. The fourth-order valence-electron chi connectivity index (χ4n) is 2.46. The van der Waals surface area contributed by atoms with Crippen molar-refractivity contribution in [2.24, 2.45) is 5.41 Å². The highest BCUT2D eigenvalue weighted by Gasteiger charge is 2.30. The predicted octanol–water partition coefficient (Wildman–Crippen LogP) is 2.01. The lowest BCUT2D eigenvalue weighted by Gasteiger charge is -2.38. The molecule has 0 amide bonds. The Kier molecular flexibility index (Phi) is 5.47. The smallest absolute Gasteiger partial charge is 0.250 e. The molecule has 0 spiro atoms. The van der Waals surface area contributed by atoms with E-state index in [0.29, 0.717) is 0 Å². The number of alkyl halides is 2. The van der Waals surface area contributed by atoms with E-state index >= 15 is 0 Å². The van der Waals surface area contributed by atoms with Crippen LogP contribution in [0, 0.1) is 5.41 Å². The average molecular weight is 220 g/mol. The van der Waals surface area contributed by atoms with Crippen LogP contribution < -0.4 is 10.6 Å². The molecule has 0 bridgehead atoms. The molecule has 0 aromatic rings. The molecule has 0 aliphatic carbocycles. The van der Waals surface area contributed by atoms with Gasteiger partial charge in [-0.2, -0.15) is 0 Å². The molecular weight excluding hydrogens is 198 g/mol. The van der Waals surface area contributed by atoms with Gasteiger partial charge in [0.05, 0.1) is 6.54 Å². The first kappa shape index (κ1) is 12.8. The Morgan fingerprint density at radius 2 is 2.27 bits per heavy atom. The monoisotopic (exact) mass is 220 g/mol. The van der Waals surface area contributed by atoms with E-state index in [1.807, 2.05) is 0 Å². The van der Waals surface area contributed by atoms with E-state index in [-0.39, 0.29) is 12.0 Å². The first-order valence-electron chi connectivity index (χ1n) is 5.88. The van der Waals surface area contributed by atoms with Crippen LogP contribution in [0.15, 0.2) is 0 Å². The highest BCUT2D eigenvalue weighted by atomic mass is 19.3. The summed E-state index contributed by atoms with van der Waals surface area (Å²) < 4.78 is 24.0. The van der Waals surface area contributed by atoms with Crippen molar-refractivity contribution in [3.63, 3.8) is 0 Å². The lowest BCUT2D eigenvalue weighted by atomic mass is 9.77. The zero-order chi connectivity index (χ0) is 11.1. The van der Waals surface area contributed by atoms with Crippen molar-refractivity contribution in [1.82, 2.24) is 10.6 Å². The molecular formula is C11H22F2N2. The third kappa shape index (κ3) is 4.43. The molecule has 0 radical (unpaired) electrons. The minimum Gasteiger partial charge on any atom is -0.316 e. The van der Waals surface area contributed by atoms with E-state index in [1.165, 1.54) is 0 Å². The molecule has 1 atom stereocenters. The van der Waals surface area contributed by atoms with Crippen molar-refractivity contribution in [2.75, 3.05) is 26.2 Å². The third-order valence-corrected chi connectivity index (χ3v) is 3.14. The minimum atomic E-state index is -2.24. The second-order valence-electron chi connectivity index (χ2n) is 4.55. The molecule has 90 valence electrons. The lowest BCUT2D eigenvalue weighted by molar-refractivity contribution is 0.127. The van der Waals surface area contributed by atoms with Gasteiger partial charge in [-0.3, -0.25) is 0 Å². The van der Waals surface area contributed by atoms with Gasteiger partial charge in [0.2, 0.25) is 0 Å². The van der Waals surface area contributed by atoms with Crippen LogP contribution in [0.4, 0.5) is 8.78 Å². The molecule has 1 aliphatic rings. The van der Waals surface area contributed by atoms with E-state index in [4.69, 9.17) is 0 Å². The number of rotatable bonds is 6. The van der Waals surface area contributed by atoms with Gasteiger partial charge in [-0.15, -0.1) is 0 Å². The molecule has 1 rings (SSSR count). The Balaban J connectivity index is 2.34. The van der Waals surface area contributed by atoms with Gasteiger partial charge in [-0.25, -0.2) is 8.78 Å². The standard InChI is InChI=1S/C11H22F2N2/c1-2-4-11(5-3-6-14-8-11)9-15-7-10(12)13/h10,14-15H,2-9H2,1H3. The summed E-state index contributed by atoms with van der Waals surface area (Å²) in [5.41, 5.74) is 0.210. The van der Waals surface area contributed by atoms with Gasteiger partial charge in [-0.1, -0.05) is 13.3 Å². The van der Waals surface area contributed by atoms with E-state index in [1.54, 1.807) is 0 Å². The van der Waals surface area contributed by atoms with Crippen LogP contribution in [0.3, 0.4) is 0 Å². The van der Waals surface area contributed by atoms with Crippen LogP contribution >= 0.6 is 0 Å². The number of halogens is 2. The molecule has 2 nitrogen and oxygen atoms in total. The van der Waals surface area contributed by atoms with Crippen LogP contribution in [0.1, 0.15) is 32.6 Å². The lowest BCUT2D eigenvalue weighted by Crippen LogP contribution is -2.47. The van der Waals surface area contributed by atoms with E-state index in [9.17, 15) is 8.78 Å². The fraction of sp³-hybridized carbons (Fsp3) is 1.00. The van der Waals surface area contributed by atoms with Crippen LogP contribution in [0.25, 0.3) is 0 Å². The van der Waals surface area contributed by atoms with Gasteiger partial charge >= 0.3 is 0 Å². The molecule has 1 aliphatic heterocycles. The maximum absolute atomic E-state index is 12.0. The summed E-state index contributed by atoms with van der Waals surface area (Å²) >= 11 is 0. The second kappa shape index (κ2) is 6.38. The molecule has 1 saturated heterocycles. The summed E-state index contributed by atoms with van der Waals surface area (Å²) in [5.74, 6) is 0. The SMILES string of the molecule is CCCC1(CNCC(F)F)CCCNC1. The van der Waals surface area contributed by atoms with Crippen LogP contribution in [0.5, 0.6) is 0 Å². The molecule has 0 aromatic heterocycles. The van der Waals surface area contributed by atoms with Gasteiger partial charge in [0.15, 0.2) is 0 Å². The molecule has 2 N–H and O–H groups in total. The zero-order valence-electron chi connectivity index (χ0n) is 9.49. The molecule has 0 saturated carbocycles. The van der Waals surface area contributed by atoms with E-state index in [2.05, 4.69) is 17.6 Å². The summed E-state index contributed by atoms with van der Waals surface area (Å²) in [6, 6.07) is 0. The number of nitrogens with one attached hydrogen (secondary N) is 2. The quantitative estimate of drug-likeness (QED) is 0.715. The average Bonchev–Trinajstić information content (AvgIpc) is 2.19. The molecule has 1 heterocycles. The third-order valence-electron chi connectivity index (χ3n) is 3.14. The van der Waals surface area contributed by atoms with E-state index < -0.39 is 6.43 Å². The van der Waals surface area contributed by atoms with Crippen molar-refractivity contribution >= 4 is 0 Å². The normalized spacial score (nSPS) is 27.2. The second-order valence-corrected chi connectivity index (χ2v) is 4.55.